The van der Waals surface area contributed by atoms with Crippen molar-refractivity contribution in [2.24, 2.45) is 5.73 Å². The maximum atomic E-state index is 10.7. The van der Waals surface area contributed by atoms with E-state index in [0.717, 1.165) is 5.56 Å². The fraction of sp³-hybridized carbons (Fsp3) is 0.250. The maximum absolute atomic E-state index is 10.7. The molecule has 0 aromatic carbocycles. The molecule has 0 aliphatic carbocycles. The SMILES string of the molecule is N[C@H]([C]=O)Cc1ccc[n+]([O-])c1. The Morgan fingerprint density at radius 3 is 3.08 bits per heavy atom. The van der Waals surface area contributed by atoms with Crippen LogP contribution < -0.4 is 10.5 Å². The van der Waals surface area contributed by atoms with Crippen LogP contribution in [-0.2, 0) is 11.2 Å². The number of nitrogens with two attached hydrogens (primary N) is 1. The lowest BCUT2D eigenvalue weighted by molar-refractivity contribution is -0.605. The van der Waals surface area contributed by atoms with Crippen LogP contribution in [0.4, 0.5) is 0 Å². The number of aromatic nitrogens is 1. The lowest BCUT2D eigenvalue weighted by atomic mass is 10.1. The van der Waals surface area contributed by atoms with E-state index in [1.807, 2.05) is 0 Å². The van der Waals surface area contributed by atoms with Gasteiger partial charge in [-0.2, -0.15) is 4.73 Å². The van der Waals surface area contributed by atoms with Crippen LogP contribution in [0.5, 0.6) is 0 Å². The van der Waals surface area contributed by atoms with Gasteiger partial charge in [-0.15, -0.1) is 0 Å². The molecule has 0 fully saturated rings. The molecule has 0 spiro atoms. The average molecular weight is 165 g/mol. The predicted molar refractivity (Wildman–Crippen MR) is 42.8 cm³/mol. The Kier molecular flexibility index (Phi) is 2.76. The molecule has 63 valence electrons. The van der Waals surface area contributed by atoms with Gasteiger partial charge in [0, 0.05) is 18.1 Å². The number of pyridine rings is 1. The quantitative estimate of drug-likeness (QED) is 0.475. The summed E-state index contributed by atoms with van der Waals surface area (Å²) in [5, 5.41) is 10.7. The molecule has 1 aromatic rings. The second-order valence-corrected chi connectivity index (χ2v) is 2.50. The fourth-order valence-corrected chi connectivity index (χ4v) is 0.917. The molecule has 1 radical (unpaired) electrons. The molecule has 1 rings (SSSR count). The van der Waals surface area contributed by atoms with Gasteiger partial charge in [0.25, 0.3) is 0 Å². The zero-order valence-electron chi connectivity index (χ0n) is 6.43. The summed E-state index contributed by atoms with van der Waals surface area (Å²) in [6, 6.07) is 2.71. The van der Waals surface area contributed by atoms with Gasteiger partial charge in [-0.25, -0.2) is 0 Å². The minimum absolute atomic E-state index is 0.354. The second kappa shape index (κ2) is 3.82. The summed E-state index contributed by atoms with van der Waals surface area (Å²) in [7, 11) is 0. The third-order valence-corrected chi connectivity index (χ3v) is 1.44. The topological polar surface area (TPSA) is 70.0 Å². The summed E-state index contributed by atoms with van der Waals surface area (Å²) in [6.07, 6.45) is 4.76. The number of carbonyl (C=O) groups excluding carboxylic acids is 1. The van der Waals surface area contributed by atoms with E-state index in [0.29, 0.717) is 11.2 Å². The van der Waals surface area contributed by atoms with Gasteiger partial charge in [0.2, 0.25) is 6.29 Å². The van der Waals surface area contributed by atoms with E-state index in [1.54, 1.807) is 18.4 Å². The maximum Gasteiger partial charge on any atom is 0.217 e. The van der Waals surface area contributed by atoms with E-state index in [2.05, 4.69) is 0 Å². The van der Waals surface area contributed by atoms with Crippen molar-refractivity contribution in [3.8, 4) is 0 Å². The van der Waals surface area contributed by atoms with Crippen LogP contribution in [0.3, 0.4) is 0 Å². The van der Waals surface area contributed by atoms with Gasteiger partial charge in [0.15, 0.2) is 12.4 Å². The molecule has 4 heteroatoms. The Labute approximate surface area is 70.2 Å². The number of hydrogen-bond donors (Lipinski definition) is 1. The van der Waals surface area contributed by atoms with Crippen LogP contribution in [0.25, 0.3) is 0 Å². The van der Waals surface area contributed by atoms with Gasteiger partial charge in [-0.05, 0) is 6.07 Å². The lowest BCUT2D eigenvalue weighted by Gasteiger charge is -2.02. The van der Waals surface area contributed by atoms with E-state index in [9.17, 15) is 10.0 Å². The minimum atomic E-state index is -0.646. The zero-order valence-corrected chi connectivity index (χ0v) is 6.43. The molecule has 2 N–H and O–H groups in total. The van der Waals surface area contributed by atoms with E-state index >= 15 is 0 Å². The van der Waals surface area contributed by atoms with Gasteiger partial charge < -0.3 is 10.9 Å². The number of hydrogen-bond acceptors (Lipinski definition) is 3. The highest BCUT2D eigenvalue weighted by molar-refractivity contribution is 5.58. The molecule has 1 heterocycles. The minimum Gasteiger partial charge on any atom is -0.619 e. The standard InChI is InChI=1S/C8H9N2O2/c9-8(6-11)4-7-2-1-3-10(12)5-7/h1-3,5,8H,4,9H2/t8-/m0/s1. The molecule has 0 saturated heterocycles. The summed E-state index contributed by atoms with van der Waals surface area (Å²) in [5.74, 6) is 0. The molecule has 4 nitrogen and oxygen atoms in total. The summed E-state index contributed by atoms with van der Waals surface area (Å²) >= 11 is 0. The molecule has 1 aromatic heterocycles. The van der Waals surface area contributed by atoms with E-state index < -0.39 is 6.04 Å². The highest BCUT2D eigenvalue weighted by Gasteiger charge is 2.04. The second-order valence-electron chi connectivity index (χ2n) is 2.50. The van der Waals surface area contributed by atoms with E-state index in [1.165, 1.54) is 12.4 Å². The molecule has 0 aliphatic rings. The van der Waals surface area contributed by atoms with E-state index in [4.69, 9.17) is 5.73 Å². The molecular formula is C8H9N2O2. The van der Waals surface area contributed by atoms with Crippen LogP contribution in [0.15, 0.2) is 24.5 Å². The molecule has 0 saturated carbocycles. The first-order valence-corrected chi connectivity index (χ1v) is 3.53. The van der Waals surface area contributed by atoms with Crippen LogP contribution >= 0.6 is 0 Å². The zero-order chi connectivity index (χ0) is 8.97. The summed E-state index contributed by atoms with van der Waals surface area (Å²) in [4.78, 5) is 10.1. The van der Waals surface area contributed by atoms with Crippen LogP contribution in [0.2, 0.25) is 0 Å². The first-order chi connectivity index (χ1) is 5.72. The van der Waals surface area contributed by atoms with Gasteiger partial charge in [-0.1, -0.05) is 0 Å². The highest BCUT2D eigenvalue weighted by atomic mass is 16.5. The van der Waals surface area contributed by atoms with Gasteiger partial charge in [0.1, 0.15) is 0 Å². The van der Waals surface area contributed by atoms with Crippen molar-refractivity contribution in [3.63, 3.8) is 0 Å². The molecular weight excluding hydrogens is 156 g/mol. The van der Waals surface area contributed by atoms with Crippen molar-refractivity contribution in [2.75, 3.05) is 0 Å². The Hall–Kier alpha value is -1.42. The van der Waals surface area contributed by atoms with Crippen molar-refractivity contribution in [1.29, 1.82) is 0 Å². The monoisotopic (exact) mass is 165 g/mol. The molecule has 1 atom stereocenters. The molecule has 0 unspecified atom stereocenters. The van der Waals surface area contributed by atoms with Crippen molar-refractivity contribution in [2.45, 2.75) is 12.5 Å². The van der Waals surface area contributed by atoms with Gasteiger partial charge in [-0.3, -0.25) is 4.79 Å². The third kappa shape index (κ3) is 2.32. The summed E-state index contributed by atoms with van der Waals surface area (Å²) in [5.41, 5.74) is 6.06. The molecule has 0 bridgehead atoms. The fourth-order valence-electron chi connectivity index (χ4n) is 0.917. The lowest BCUT2D eigenvalue weighted by Crippen LogP contribution is -2.28. The number of rotatable bonds is 3. The summed E-state index contributed by atoms with van der Waals surface area (Å²) < 4.78 is 0.673. The predicted octanol–water partition coefficient (Wildman–Crippen LogP) is -0.701. The van der Waals surface area contributed by atoms with Crippen LogP contribution in [-0.4, -0.2) is 12.3 Å². The Morgan fingerprint density at radius 2 is 2.50 bits per heavy atom. The average Bonchev–Trinajstić information content (AvgIpc) is 2.04. The Bertz CT molecular complexity index is 276. The summed E-state index contributed by atoms with van der Waals surface area (Å²) in [6.45, 7) is 0. The first-order valence-electron chi connectivity index (χ1n) is 3.53. The van der Waals surface area contributed by atoms with Crippen molar-refractivity contribution < 1.29 is 9.52 Å². The Balaban J connectivity index is 2.69. The van der Waals surface area contributed by atoms with Crippen molar-refractivity contribution >= 4 is 6.29 Å². The largest absolute Gasteiger partial charge is 0.619 e. The van der Waals surface area contributed by atoms with Crippen LogP contribution in [0, 0.1) is 5.21 Å². The molecule has 0 amide bonds. The highest BCUT2D eigenvalue weighted by Crippen LogP contribution is 1.96. The number of nitrogens with zero attached hydrogens (tertiary/aromatic N) is 1. The van der Waals surface area contributed by atoms with Crippen LogP contribution in [0.1, 0.15) is 5.56 Å². The smallest absolute Gasteiger partial charge is 0.217 e. The van der Waals surface area contributed by atoms with E-state index in [-0.39, 0.29) is 0 Å². The van der Waals surface area contributed by atoms with Crippen molar-refractivity contribution in [3.05, 3.63) is 35.3 Å². The molecule has 12 heavy (non-hydrogen) atoms. The normalized spacial score (nSPS) is 12.4. The van der Waals surface area contributed by atoms with Gasteiger partial charge >= 0.3 is 0 Å². The Morgan fingerprint density at radius 1 is 1.75 bits per heavy atom. The van der Waals surface area contributed by atoms with Crippen molar-refractivity contribution in [1.82, 2.24) is 0 Å². The first kappa shape index (κ1) is 8.67. The van der Waals surface area contributed by atoms with Gasteiger partial charge in [0.05, 0.1) is 6.04 Å². The molecule has 0 aliphatic heterocycles. The third-order valence-electron chi connectivity index (χ3n) is 1.44.